The second kappa shape index (κ2) is 8.94. The van der Waals surface area contributed by atoms with Crippen molar-refractivity contribution in [2.45, 2.75) is 57.9 Å². The number of hydrogen-bond donors (Lipinski definition) is 0. The molecule has 1 amide bonds. The number of rotatable bonds is 7. The summed E-state index contributed by atoms with van der Waals surface area (Å²) in [6, 6.07) is 8.60. The Labute approximate surface area is 174 Å². The predicted molar refractivity (Wildman–Crippen MR) is 112 cm³/mol. The lowest BCUT2D eigenvalue weighted by molar-refractivity contribution is -0.132. The van der Waals surface area contributed by atoms with Gasteiger partial charge in [-0.1, -0.05) is 32.3 Å². The van der Waals surface area contributed by atoms with Crippen molar-refractivity contribution in [2.75, 3.05) is 6.54 Å². The number of fused-ring (bicyclic) bond motifs is 1. The zero-order chi connectivity index (χ0) is 21.1. The maximum Gasteiger partial charge on any atom is 0.223 e. The molecule has 2 heterocycles. The standard InChI is InChI=1S/C24H26F2N2O2/c1-2-3-4-5-8-23(29)28-13-6-7-21(28)24-27-20-14-16(9-12-22(20)30-24)18-11-10-17(25)15-19(18)26/h9-12,14-15,21H,2-8,13H2,1H3/t21-/m1/s1. The summed E-state index contributed by atoms with van der Waals surface area (Å²) < 4.78 is 33.3. The molecule has 4 rings (SSSR count). The zero-order valence-electron chi connectivity index (χ0n) is 17.2. The first kappa shape index (κ1) is 20.5. The molecule has 6 heteroatoms. The van der Waals surface area contributed by atoms with Gasteiger partial charge in [0.15, 0.2) is 5.58 Å². The van der Waals surface area contributed by atoms with Crippen LogP contribution in [-0.2, 0) is 4.79 Å². The van der Waals surface area contributed by atoms with Gasteiger partial charge < -0.3 is 9.32 Å². The number of aromatic nitrogens is 1. The monoisotopic (exact) mass is 412 g/mol. The van der Waals surface area contributed by atoms with E-state index in [2.05, 4.69) is 11.9 Å². The average molecular weight is 412 g/mol. The summed E-state index contributed by atoms with van der Waals surface area (Å²) >= 11 is 0. The molecule has 1 aliphatic heterocycles. The van der Waals surface area contributed by atoms with Crippen LogP contribution in [0.25, 0.3) is 22.2 Å². The molecule has 1 atom stereocenters. The van der Waals surface area contributed by atoms with Gasteiger partial charge in [-0.3, -0.25) is 4.79 Å². The SMILES string of the molecule is CCCCCCC(=O)N1CCC[C@@H]1c1nc2cc(-c3ccc(F)cc3F)ccc2o1. The first-order chi connectivity index (χ1) is 14.6. The summed E-state index contributed by atoms with van der Waals surface area (Å²) in [6.45, 7) is 2.88. The van der Waals surface area contributed by atoms with Crippen molar-refractivity contribution in [2.24, 2.45) is 0 Å². The zero-order valence-corrected chi connectivity index (χ0v) is 17.2. The Kier molecular flexibility index (Phi) is 6.11. The van der Waals surface area contributed by atoms with Gasteiger partial charge in [-0.2, -0.15) is 0 Å². The van der Waals surface area contributed by atoms with Crippen LogP contribution in [0.3, 0.4) is 0 Å². The smallest absolute Gasteiger partial charge is 0.223 e. The molecule has 158 valence electrons. The maximum atomic E-state index is 14.1. The quantitative estimate of drug-likeness (QED) is 0.422. The Morgan fingerprint density at radius 3 is 2.83 bits per heavy atom. The van der Waals surface area contributed by atoms with E-state index in [4.69, 9.17) is 4.42 Å². The van der Waals surface area contributed by atoms with E-state index in [0.29, 0.717) is 34.5 Å². The van der Waals surface area contributed by atoms with Crippen LogP contribution in [0.1, 0.15) is 63.8 Å². The third-order valence-corrected chi connectivity index (χ3v) is 5.75. The lowest BCUT2D eigenvalue weighted by Gasteiger charge is -2.22. The first-order valence-corrected chi connectivity index (χ1v) is 10.7. The van der Waals surface area contributed by atoms with Crippen molar-refractivity contribution < 1.29 is 18.0 Å². The van der Waals surface area contributed by atoms with Gasteiger partial charge in [0.05, 0.1) is 0 Å². The third-order valence-electron chi connectivity index (χ3n) is 5.75. The molecule has 0 spiro atoms. The summed E-state index contributed by atoms with van der Waals surface area (Å²) in [5.74, 6) is -0.540. The van der Waals surface area contributed by atoms with Crippen molar-refractivity contribution in [1.29, 1.82) is 0 Å². The van der Waals surface area contributed by atoms with Crippen LogP contribution in [0.15, 0.2) is 40.8 Å². The molecule has 2 aromatic carbocycles. The molecule has 30 heavy (non-hydrogen) atoms. The van der Waals surface area contributed by atoms with Crippen molar-refractivity contribution in [3.8, 4) is 11.1 Å². The fraction of sp³-hybridized carbons (Fsp3) is 0.417. The molecule has 4 nitrogen and oxygen atoms in total. The number of amides is 1. The lowest BCUT2D eigenvalue weighted by atomic mass is 10.0. The van der Waals surface area contributed by atoms with Crippen LogP contribution < -0.4 is 0 Å². The first-order valence-electron chi connectivity index (χ1n) is 10.7. The number of benzene rings is 2. The Morgan fingerprint density at radius 1 is 1.17 bits per heavy atom. The molecule has 0 radical (unpaired) electrons. The summed E-state index contributed by atoms with van der Waals surface area (Å²) in [4.78, 5) is 19.2. The van der Waals surface area contributed by atoms with Gasteiger partial charge in [-0.25, -0.2) is 13.8 Å². The highest BCUT2D eigenvalue weighted by Crippen LogP contribution is 2.35. The van der Waals surface area contributed by atoms with Crippen LogP contribution >= 0.6 is 0 Å². The molecule has 1 aromatic heterocycles. The topological polar surface area (TPSA) is 46.3 Å². The molecular weight excluding hydrogens is 386 g/mol. The van der Waals surface area contributed by atoms with Gasteiger partial charge in [0.1, 0.15) is 23.2 Å². The van der Waals surface area contributed by atoms with Crippen LogP contribution in [0, 0.1) is 11.6 Å². The third kappa shape index (κ3) is 4.23. The number of halogens is 2. The Balaban J connectivity index is 1.55. The van der Waals surface area contributed by atoms with Gasteiger partial charge in [0.2, 0.25) is 11.8 Å². The van der Waals surface area contributed by atoms with Gasteiger partial charge >= 0.3 is 0 Å². The lowest BCUT2D eigenvalue weighted by Crippen LogP contribution is -2.30. The van der Waals surface area contributed by atoms with Gasteiger partial charge in [-0.15, -0.1) is 0 Å². The van der Waals surface area contributed by atoms with E-state index >= 15 is 0 Å². The van der Waals surface area contributed by atoms with Gasteiger partial charge in [0, 0.05) is 24.6 Å². The van der Waals surface area contributed by atoms with Gasteiger partial charge in [-0.05, 0) is 49.1 Å². The Hall–Kier alpha value is -2.76. The Morgan fingerprint density at radius 2 is 2.03 bits per heavy atom. The molecular formula is C24H26F2N2O2. The molecule has 1 aliphatic rings. The van der Waals surface area contributed by atoms with E-state index in [0.717, 1.165) is 51.1 Å². The molecule has 0 bridgehead atoms. The largest absolute Gasteiger partial charge is 0.438 e. The van der Waals surface area contributed by atoms with Crippen LogP contribution in [-0.4, -0.2) is 22.3 Å². The molecule has 3 aromatic rings. The summed E-state index contributed by atoms with van der Waals surface area (Å²) in [7, 11) is 0. The molecule has 0 N–H and O–H groups in total. The molecule has 0 unspecified atom stereocenters. The van der Waals surface area contributed by atoms with E-state index in [1.54, 1.807) is 18.2 Å². The number of carbonyl (C=O) groups is 1. The van der Waals surface area contributed by atoms with E-state index in [9.17, 15) is 13.6 Å². The van der Waals surface area contributed by atoms with Crippen molar-refractivity contribution in [1.82, 2.24) is 9.88 Å². The van der Waals surface area contributed by atoms with E-state index in [-0.39, 0.29) is 11.9 Å². The number of likely N-dealkylation sites (tertiary alicyclic amines) is 1. The maximum absolute atomic E-state index is 14.1. The number of oxazole rings is 1. The second-order valence-corrected chi connectivity index (χ2v) is 7.91. The van der Waals surface area contributed by atoms with Crippen molar-refractivity contribution in [3.63, 3.8) is 0 Å². The number of hydrogen-bond acceptors (Lipinski definition) is 3. The number of unbranched alkanes of at least 4 members (excludes halogenated alkanes) is 3. The normalized spacial score (nSPS) is 16.5. The minimum atomic E-state index is -0.617. The van der Waals surface area contributed by atoms with E-state index < -0.39 is 11.6 Å². The average Bonchev–Trinajstić information content (AvgIpc) is 3.37. The fourth-order valence-electron chi connectivity index (χ4n) is 4.15. The minimum Gasteiger partial charge on any atom is -0.438 e. The van der Waals surface area contributed by atoms with Gasteiger partial charge in [0.25, 0.3) is 0 Å². The highest BCUT2D eigenvalue weighted by atomic mass is 19.1. The Bertz CT molecular complexity index is 1050. The summed E-state index contributed by atoms with van der Waals surface area (Å²) in [6.07, 6.45) is 6.60. The highest BCUT2D eigenvalue weighted by Gasteiger charge is 2.33. The minimum absolute atomic E-state index is 0.151. The number of carbonyl (C=O) groups excluding carboxylic acids is 1. The van der Waals surface area contributed by atoms with Crippen LogP contribution in [0.2, 0.25) is 0 Å². The molecule has 1 saturated heterocycles. The van der Waals surface area contributed by atoms with Crippen LogP contribution in [0.5, 0.6) is 0 Å². The second-order valence-electron chi connectivity index (χ2n) is 7.91. The van der Waals surface area contributed by atoms with E-state index in [1.165, 1.54) is 12.1 Å². The molecule has 1 fully saturated rings. The fourth-order valence-corrected chi connectivity index (χ4v) is 4.15. The molecule has 0 saturated carbocycles. The predicted octanol–water partition coefficient (Wildman–Crippen LogP) is 6.41. The highest BCUT2D eigenvalue weighted by molar-refractivity contribution is 5.81. The summed E-state index contributed by atoms with van der Waals surface area (Å²) in [5.41, 5.74) is 2.12. The molecule has 0 aliphatic carbocycles. The van der Waals surface area contributed by atoms with E-state index in [1.807, 2.05) is 4.90 Å². The summed E-state index contributed by atoms with van der Waals surface area (Å²) in [5, 5.41) is 0. The van der Waals surface area contributed by atoms with Crippen molar-refractivity contribution in [3.05, 3.63) is 53.9 Å². The number of nitrogens with zero attached hydrogens (tertiary/aromatic N) is 2. The van der Waals surface area contributed by atoms with Crippen LogP contribution in [0.4, 0.5) is 8.78 Å². The van der Waals surface area contributed by atoms with Crippen molar-refractivity contribution >= 4 is 17.0 Å².